The SMILES string of the molecule is CCN1CCN(C2CNC2)CC1C. The lowest BCUT2D eigenvalue weighted by Gasteiger charge is -2.46. The highest BCUT2D eigenvalue weighted by molar-refractivity contribution is 4.89. The zero-order valence-corrected chi connectivity index (χ0v) is 8.79. The van der Waals surface area contributed by atoms with Crippen molar-refractivity contribution in [1.82, 2.24) is 15.1 Å². The van der Waals surface area contributed by atoms with Crippen molar-refractivity contribution in [3.8, 4) is 0 Å². The van der Waals surface area contributed by atoms with Crippen LogP contribution in [-0.2, 0) is 0 Å². The molecule has 0 aromatic rings. The van der Waals surface area contributed by atoms with Crippen molar-refractivity contribution in [3.63, 3.8) is 0 Å². The highest BCUT2D eigenvalue weighted by Gasteiger charge is 2.30. The van der Waals surface area contributed by atoms with Crippen LogP contribution in [0.2, 0.25) is 0 Å². The Morgan fingerprint density at radius 1 is 1.31 bits per heavy atom. The van der Waals surface area contributed by atoms with E-state index in [2.05, 4.69) is 29.0 Å². The van der Waals surface area contributed by atoms with Crippen LogP contribution in [0.3, 0.4) is 0 Å². The Morgan fingerprint density at radius 3 is 2.54 bits per heavy atom. The molecule has 0 spiro atoms. The summed E-state index contributed by atoms with van der Waals surface area (Å²) in [5.74, 6) is 0. The number of nitrogens with zero attached hydrogens (tertiary/aromatic N) is 2. The predicted octanol–water partition coefficient (Wildman–Crippen LogP) is -0.0158. The van der Waals surface area contributed by atoms with Gasteiger partial charge in [-0.2, -0.15) is 0 Å². The van der Waals surface area contributed by atoms with E-state index in [4.69, 9.17) is 0 Å². The monoisotopic (exact) mass is 183 g/mol. The third-order valence-electron chi connectivity index (χ3n) is 3.48. The highest BCUT2D eigenvalue weighted by Crippen LogP contribution is 2.13. The van der Waals surface area contributed by atoms with E-state index in [1.807, 2.05) is 0 Å². The van der Waals surface area contributed by atoms with E-state index < -0.39 is 0 Å². The molecule has 2 aliphatic rings. The minimum Gasteiger partial charge on any atom is -0.314 e. The molecule has 3 heteroatoms. The van der Waals surface area contributed by atoms with Crippen molar-refractivity contribution < 1.29 is 0 Å². The van der Waals surface area contributed by atoms with Gasteiger partial charge in [-0.05, 0) is 13.5 Å². The van der Waals surface area contributed by atoms with Crippen LogP contribution in [0.15, 0.2) is 0 Å². The Hall–Kier alpha value is -0.120. The lowest BCUT2D eigenvalue weighted by atomic mass is 10.1. The highest BCUT2D eigenvalue weighted by atomic mass is 15.3. The van der Waals surface area contributed by atoms with Crippen LogP contribution in [-0.4, -0.2) is 61.2 Å². The molecule has 0 radical (unpaired) electrons. The standard InChI is InChI=1S/C10H21N3/c1-3-12-4-5-13(8-9(12)2)10-6-11-7-10/h9-11H,3-8H2,1-2H3. The molecular weight excluding hydrogens is 162 g/mol. The maximum atomic E-state index is 3.34. The van der Waals surface area contributed by atoms with E-state index in [0.29, 0.717) is 0 Å². The number of likely N-dealkylation sites (N-methyl/N-ethyl adjacent to an activating group) is 1. The number of rotatable bonds is 2. The van der Waals surface area contributed by atoms with Crippen LogP contribution in [0.25, 0.3) is 0 Å². The maximum absolute atomic E-state index is 3.34. The van der Waals surface area contributed by atoms with Gasteiger partial charge in [0.05, 0.1) is 0 Å². The molecule has 0 aliphatic carbocycles. The third kappa shape index (κ3) is 1.87. The van der Waals surface area contributed by atoms with Crippen LogP contribution in [0.4, 0.5) is 0 Å². The molecule has 2 saturated heterocycles. The zero-order valence-electron chi connectivity index (χ0n) is 8.79. The largest absolute Gasteiger partial charge is 0.314 e. The molecule has 0 aromatic heterocycles. The van der Waals surface area contributed by atoms with Crippen LogP contribution >= 0.6 is 0 Å². The first-order valence-corrected chi connectivity index (χ1v) is 5.50. The summed E-state index contributed by atoms with van der Waals surface area (Å²) < 4.78 is 0. The molecule has 0 aromatic carbocycles. The molecule has 0 saturated carbocycles. The molecule has 2 rings (SSSR count). The summed E-state index contributed by atoms with van der Waals surface area (Å²) >= 11 is 0. The molecule has 13 heavy (non-hydrogen) atoms. The first-order valence-electron chi connectivity index (χ1n) is 5.50. The molecule has 2 heterocycles. The Labute approximate surface area is 81.1 Å². The van der Waals surface area contributed by atoms with E-state index in [1.165, 1.54) is 39.3 Å². The molecule has 0 amide bonds. The first kappa shape index (κ1) is 9.44. The smallest absolute Gasteiger partial charge is 0.0346 e. The van der Waals surface area contributed by atoms with Crippen molar-refractivity contribution in [2.24, 2.45) is 0 Å². The molecule has 0 bridgehead atoms. The Bertz CT molecular complexity index is 168. The van der Waals surface area contributed by atoms with Crippen molar-refractivity contribution in [2.45, 2.75) is 25.9 Å². The summed E-state index contributed by atoms with van der Waals surface area (Å²) in [5, 5.41) is 3.34. The van der Waals surface area contributed by atoms with Crippen molar-refractivity contribution >= 4 is 0 Å². The van der Waals surface area contributed by atoms with Crippen LogP contribution in [0, 0.1) is 0 Å². The molecular formula is C10H21N3. The first-order chi connectivity index (χ1) is 6.31. The Balaban J connectivity index is 1.83. The van der Waals surface area contributed by atoms with Crippen molar-refractivity contribution in [3.05, 3.63) is 0 Å². The van der Waals surface area contributed by atoms with E-state index >= 15 is 0 Å². The molecule has 1 unspecified atom stereocenters. The van der Waals surface area contributed by atoms with Gasteiger partial charge >= 0.3 is 0 Å². The third-order valence-corrected chi connectivity index (χ3v) is 3.48. The van der Waals surface area contributed by atoms with Gasteiger partial charge in [0, 0.05) is 44.8 Å². The average Bonchev–Trinajstić information content (AvgIpc) is 2.01. The summed E-state index contributed by atoms with van der Waals surface area (Å²) in [5.41, 5.74) is 0. The van der Waals surface area contributed by atoms with Gasteiger partial charge in [0.25, 0.3) is 0 Å². The molecule has 2 aliphatic heterocycles. The molecule has 1 atom stereocenters. The van der Waals surface area contributed by atoms with E-state index in [-0.39, 0.29) is 0 Å². The summed E-state index contributed by atoms with van der Waals surface area (Å²) in [6.45, 7) is 12.0. The lowest BCUT2D eigenvalue weighted by molar-refractivity contribution is 0.0415. The van der Waals surface area contributed by atoms with Gasteiger partial charge in [0.2, 0.25) is 0 Å². The minimum atomic E-state index is 0.749. The second-order valence-electron chi connectivity index (χ2n) is 4.28. The second kappa shape index (κ2) is 3.95. The van der Waals surface area contributed by atoms with Gasteiger partial charge < -0.3 is 5.32 Å². The predicted molar refractivity (Wildman–Crippen MR) is 54.9 cm³/mol. The van der Waals surface area contributed by atoms with Crippen LogP contribution in [0.5, 0.6) is 0 Å². The lowest BCUT2D eigenvalue weighted by Crippen LogP contribution is -2.63. The van der Waals surface area contributed by atoms with Crippen LogP contribution < -0.4 is 5.32 Å². The summed E-state index contributed by atoms with van der Waals surface area (Å²) in [6, 6.07) is 1.58. The number of hydrogen-bond acceptors (Lipinski definition) is 3. The quantitative estimate of drug-likeness (QED) is 0.649. The fourth-order valence-electron chi connectivity index (χ4n) is 2.36. The average molecular weight is 183 g/mol. The van der Waals surface area contributed by atoms with E-state index in [1.54, 1.807) is 0 Å². The summed E-state index contributed by atoms with van der Waals surface area (Å²) in [4.78, 5) is 5.22. The van der Waals surface area contributed by atoms with Crippen LogP contribution in [0.1, 0.15) is 13.8 Å². The minimum absolute atomic E-state index is 0.749. The van der Waals surface area contributed by atoms with E-state index in [9.17, 15) is 0 Å². The molecule has 1 N–H and O–H groups in total. The summed E-state index contributed by atoms with van der Waals surface area (Å²) in [7, 11) is 0. The fraction of sp³-hybridized carbons (Fsp3) is 1.00. The Morgan fingerprint density at radius 2 is 2.08 bits per heavy atom. The van der Waals surface area contributed by atoms with Gasteiger partial charge in [0.15, 0.2) is 0 Å². The fourth-order valence-corrected chi connectivity index (χ4v) is 2.36. The summed E-state index contributed by atoms with van der Waals surface area (Å²) in [6.07, 6.45) is 0. The molecule has 3 nitrogen and oxygen atoms in total. The second-order valence-corrected chi connectivity index (χ2v) is 4.28. The maximum Gasteiger partial charge on any atom is 0.0346 e. The van der Waals surface area contributed by atoms with Gasteiger partial charge in [0.1, 0.15) is 0 Å². The van der Waals surface area contributed by atoms with Crippen molar-refractivity contribution in [2.75, 3.05) is 39.3 Å². The Kier molecular flexibility index (Phi) is 2.86. The number of nitrogens with one attached hydrogen (secondary N) is 1. The normalized spacial score (nSPS) is 33.2. The van der Waals surface area contributed by atoms with Gasteiger partial charge in [-0.1, -0.05) is 6.92 Å². The van der Waals surface area contributed by atoms with Crippen molar-refractivity contribution in [1.29, 1.82) is 0 Å². The van der Waals surface area contributed by atoms with Gasteiger partial charge in [-0.15, -0.1) is 0 Å². The topological polar surface area (TPSA) is 18.5 Å². The molecule has 2 fully saturated rings. The zero-order chi connectivity index (χ0) is 9.26. The van der Waals surface area contributed by atoms with Gasteiger partial charge in [-0.25, -0.2) is 0 Å². The molecule has 76 valence electrons. The van der Waals surface area contributed by atoms with E-state index in [0.717, 1.165) is 12.1 Å². The number of hydrogen-bond donors (Lipinski definition) is 1. The number of piperazine rings is 1. The van der Waals surface area contributed by atoms with Gasteiger partial charge in [-0.3, -0.25) is 9.80 Å².